The number of esters is 1. The summed E-state index contributed by atoms with van der Waals surface area (Å²) in [5.74, 6) is 1.48. The van der Waals surface area contributed by atoms with E-state index in [1.165, 1.54) is 89.9 Å². The Morgan fingerprint density at radius 3 is 1.70 bits per heavy atom. The van der Waals surface area contributed by atoms with Crippen molar-refractivity contribution in [2.45, 2.75) is 161 Å². The number of benzene rings is 2. The first-order valence-corrected chi connectivity index (χ1v) is 19.0. The van der Waals surface area contributed by atoms with E-state index in [1.54, 1.807) is 0 Å². The number of unbranched alkanes of at least 4 members (excludes halogenated alkanes) is 14. The smallest absolute Gasteiger partial charge is 0.306 e. The van der Waals surface area contributed by atoms with E-state index in [1.807, 2.05) is 48.5 Å². The van der Waals surface area contributed by atoms with Gasteiger partial charge in [0.05, 0.1) is 25.9 Å². The van der Waals surface area contributed by atoms with Crippen molar-refractivity contribution in [1.29, 1.82) is 0 Å². The maximum atomic E-state index is 12.7. The number of rotatable bonds is 26. The molecule has 0 aliphatic carbocycles. The van der Waals surface area contributed by atoms with Crippen LogP contribution in [-0.4, -0.2) is 43.1 Å². The molecule has 0 aromatic heterocycles. The second kappa shape index (κ2) is 24.6. The van der Waals surface area contributed by atoms with E-state index >= 15 is 0 Å². The molecule has 3 atom stereocenters. The van der Waals surface area contributed by atoms with Gasteiger partial charge in [0.25, 0.3) is 0 Å². The first-order chi connectivity index (χ1) is 23.1. The van der Waals surface area contributed by atoms with Gasteiger partial charge in [-0.25, -0.2) is 0 Å². The van der Waals surface area contributed by atoms with Crippen molar-refractivity contribution < 1.29 is 28.8 Å². The van der Waals surface area contributed by atoms with Gasteiger partial charge < -0.3 is 24.1 Å². The average molecular weight is 653 g/mol. The van der Waals surface area contributed by atoms with Gasteiger partial charge in [0, 0.05) is 6.42 Å². The third-order valence-corrected chi connectivity index (χ3v) is 9.26. The van der Waals surface area contributed by atoms with E-state index in [9.17, 15) is 9.90 Å². The van der Waals surface area contributed by atoms with Crippen molar-refractivity contribution in [2.24, 2.45) is 0 Å². The Labute approximate surface area is 285 Å². The standard InChI is InChI=1S/C41H64O6/c1-3-5-7-9-10-11-12-13-14-15-16-18-32-44-36-24-19-34(20-25-36)21-30-41(43)47-39-29-28-38(46-40(39)33-42)35-22-26-37(27-23-35)45-31-17-8-6-4-2/h19-20,22-27,38-40,42H,3-18,21,28-33H2,1-2H3/t38-,39-,40+/m0/s1. The quantitative estimate of drug-likeness (QED) is 0.0805. The summed E-state index contributed by atoms with van der Waals surface area (Å²) in [6.07, 6.45) is 21.9. The summed E-state index contributed by atoms with van der Waals surface area (Å²) < 4.78 is 23.8. The predicted octanol–water partition coefficient (Wildman–Crippen LogP) is 10.5. The lowest BCUT2D eigenvalue weighted by Crippen LogP contribution is -2.41. The lowest BCUT2D eigenvalue weighted by atomic mass is 9.96. The van der Waals surface area contributed by atoms with Crippen LogP contribution in [0.5, 0.6) is 11.5 Å². The molecule has 2 aromatic carbocycles. The van der Waals surface area contributed by atoms with E-state index in [2.05, 4.69) is 13.8 Å². The molecule has 0 saturated carbocycles. The van der Waals surface area contributed by atoms with Crippen LogP contribution in [-0.2, 0) is 20.7 Å². The molecule has 0 bridgehead atoms. The normalized spacial score (nSPS) is 17.8. The molecular weight excluding hydrogens is 588 g/mol. The van der Waals surface area contributed by atoms with Gasteiger partial charge in [0.1, 0.15) is 23.7 Å². The monoisotopic (exact) mass is 652 g/mol. The molecule has 1 heterocycles. The van der Waals surface area contributed by atoms with Gasteiger partial charge in [0.15, 0.2) is 0 Å². The summed E-state index contributed by atoms with van der Waals surface area (Å²) in [6, 6.07) is 16.1. The Balaban J connectivity index is 1.25. The van der Waals surface area contributed by atoms with Crippen LogP contribution in [0.2, 0.25) is 0 Å². The van der Waals surface area contributed by atoms with Gasteiger partial charge >= 0.3 is 5.97 Å². The first kappa shape index (κ1) is 38.9. The highest BCUT2D eigenvalue weighted by Gasteiger charge is 2.34. The molecule has 0 amide bonds. The van der Waals surface area contributed by atoms with Crippen molar-refractivity contribution >= 4 is 5.97 Å². The maximum Gasteiger partial charge on any atom is 0.306 e. The molecule has 1 N–H and O–H groups in total. The maximum absolute atomic E-state index is 12.7. The average Bonchev–Trinajstić information content (AvgIpc) is 3.10. The van der Waals surface area contributed by atoms with Gasteiger partial charge in [-0.2, -0.15) is 0 Å². The van der Waals surface area contributed by atoms with E-state index in [-0.39, 0.29) is 25.1 Å². The molecule has 47 heavy (non-hydrogen) atoms. The fraction of sp³-hybridized carbons (Fsp3) is 0.683. The Kier molecular flexibility index (Phi) is 20.3. The molecule has 1 fully saturated rings. The number of carbonyl (C=O) groups excluding carboxylic acids is 1. The summed E-state index contributed by atoms with van der Waals surface area (Å²) in [5.41, 5.74) is 2.12. The lowest BCUT2D eigenvalue weighted by molar-refractivity contribution is -0.177. The van der Waals surface area contributed by atoms with E-state index in [0.717, 1.165) is 55.1 Å². The summed E-state index contributed by atoms with van der Waals surface area (Å²) in [6.45, 7) is 5.78. The second-order valence-electron chi connectivity index (χ2n) is 13.3. The van der Waals surface area contributed by atoms with Crippen molar-refractivity contribution in [2.75, 3.05) is 19.8 Å². The second-order valence-corrected chi connectivity index (χ2v) is 13.3. The zero-order valence-corrected chi connectivity index (χ0v) is 29.6. The molecule has 1 saturated heterocycles. The fourth-order valence-corrected chi connectivity index (χ4v) is 6.27. The number of aryl methyl sites for hydroxylation is 1. The predicted molar refractivity (Wildman–Crippen MR) is 191 cm³/mol. The molecule has 0 spiro atoms. The third kappa shape index (κ3) is 16.4. The fourth-order valence-electron chi connectivity index (χ4n) is 6.27. The molecular formula is C41H64O6. The van der Waals surface area contributed by atoms with Gasteiger partial charge in [-0.15, -0.1) is 0 Å². The number of hydrogen-bond acceptors (Lipinski definition) is 6. The molecule has 1 aliphatic heterocycles. The van der Waals surface area contributed by atoms with Gasteiger partial charge in [0.2, 0.25) is 0 Å². The molecule has 6 nitrogen and oxygen atoms in total. The molecule has 3 rings (SSSR count). The molecule has 2 aromatic rings. The van der Waals surface area contributed by atoms with Crippen LogP contribution in [0.15, 0.2) is 48.5 Å². The summed E-state index contributed by atoms with van der Waals surface area (Å²) in [4.78, 5) is 12.7. The zero-order chi connectivity index (χ0) is 33.4. The molecule has 0 unspecified atom stereocenters. The Hall–Kier alpha value is -2.57. The number of aliphatic hydroxyl groups excluding tert-OH is 1. The lowest BCUT2D eigenvalue weighted by Gasteiger charge is -2.35. The minimum absolute atomic E-state index is 0.138. The van der Waals surface area contributed by atoms with Crippen LogP contribution < -0.4 is 9.47 Å². The number of hydrogen-bond donors (Lipinski definition) is 1. The van der Waals surface area contributed by atoms with Crippen LogP contribution in [0.4, 0.5) is 0 Å². The topological polar surface area (TPSA) is 74.2 Å². The highest BCUT2D eigenvalue weighted by atomic mass is 16.6. The Morgan fingerprint density at radius 1 is 0.681 bits per heavy atom. The number of carbonyl (C=O) groups is 1. The van der Waals surface area contributed by atoms with Crippen LogP contribution >= 0.6 is 0 Å². The van der Waals surface area contributed by atoms with Gasteiger partial charge in [-0.3, -0.25) is 4.79 Å². The van der Waals surface area contributed by atoms with Crippen LogP contribution in [0, 0.1) is 0 Å². The van der Waals surface area contributed by atoms with Crippen LogP contribution in [0.25, 0.3) is 0 Å². The molecule has 264 valence electrons. The highest BCUT2D eigenvalue weighted by molar-refractivity contribution is 5.70. The Bertz CT molecular complexity index is 1050. The van der Waals surface area contributed by atoms with E-state index < -0.39 is 12.2 Å². The summed E-state index contributed by atoms with van der Waals surface area (Å²) in [5, 5.41) is 10.00. The molecule has 1 aliphatic rings. The number of aliphatic hydroxyl groups is 1. The molecule has 0 radical (unpaired) electrons. The van der Waals surface area contributed by atoms with Crippen molar-refractivity contribution in [3.05, 3.63) is 59.7 Å². The van der Waals surface area contributed by atoms with Crippen molar-refractivity contribution in [3.8, 4) is 11.5 Å². The Morgan fingerprint density at radius 2 is 1.17 bits per heavy atom. The first-order valence-electron chi connectivity index (χ1n) is 19.0. The van der Waals surface area contributed by atoms with E-state index in [4.69, 9.17) is 18.9 Å². The van der Waals surface area contributed by atoms with Crippen LogP contribution in [0.3, 0.4) is 0 Å². The van der Waals surface area contributed by atoms with Crippen molar-refractivity contribution in [1.82, 2.24) is 0 Å². The minimum atomic E-state index is -0.534. The third-order valence-electron chi connectivity index (χ3n) is 9.26. The largest absolute Gasteiger partial charge is 0.494 e. The summed E-state index contributed by atoms with van der Waals surface area (Å²) in [7, 11) is 0. The van der Waals surface area contributed by atoms with Gasteiger partial charge in [-0.1, -0.05) is 128 Å². The zero-order valence-electron chi connectivity index (χ0n) is 29.6. The van der Waals surface area contributed by atoms with Crippen molar-refractivity contribution in [3.63, 3.8) is 0 Å². The summed E-state index contributed by atoms with van der Waals surface area (Å²) >= 11 is 0. The van der Waals surface area contributed by atoms with Gasteiger partial charge in [-0.05, 0) is 67.5 Å². The van der Waals surface area contributed by atoms with Crippen LogP contribution in [0.1, 0.15) is 153 Å². The molecule has 6 heteroatoms. The SMILES string of the molecule is CCCCCCCCCCCCCCOc1ccc(CCC(=O)O[C@H]2CC[C@@H](c3ccc(OCCCCCC)cc3)O[C@@H]2CO)cc1. The number of ether oxygens (including phenoxy) is 4. The van der Waals surface area contributed by atoms with E-state index in [0.29, 0.717) is 12.8 Å². The highest BCUT2D eigenvalue weighted by Crippen LogP contribution is 2.33. The minimum Gasteiger partial charge on any atom is -0.494 e.